The van der Waals surface area contributed by atoms with Gasteiger partial charge in [-0.05, 0) is 64.0 Å². The maximum absolute atomic E-state index is 13.4. The lowest BCUT2D eigenvalue weighted by molar-refractivity contribution is -0.132. The summed E-state index contributed by atoms with van der Waals surface area (Å²) in [6.45, 7) is 0. The molecule has 3 aromatic carbocycles. The highest BCUT2D eigenvalue weighted by molar-refractivity contribution is 9.10. The molecule has 0 saturated carbocycles. The third-order valence-electron chi connectivity index (χ3n) is 3.83. The van der Waals surface area contributed by atoms with E-state index in [0.29, 0.717) is 27.1 Å². The van der Waals surface area contributed by atoms with Crippen molar-refractivity contribution in [1.82, 2.24) is 5.32 Å². The first kappa shape index (κ1) is 20.3. The van der Waals surface area contributed by atoms with Crippen LogP contribution in [0.2, 0.25) is 0 Å². The Bertz CT molecular complexity index is 1070. The van der Waals surface area contributed by atoms with E-state index >= 15 is 0 Å². The number of carboxylic acids is 1. The van der Waals surface area contributed by atoms with Crippen molar-refractivity contribution in [3.63, 3.8) is 0 Å². The molecule has 0 heterocycles. The van der Waals surface area contributed by atoms with Crippen LogP contribution in [0.5, 0.6) is 11.5 Å². The van der Waals surface area contributed by atoms with Crippen molar-refractivity contribution in [1.29, 1.82) is 0 Å². The van der Waals surface area contributed by atoms with Gasteiger partial charge in [-0.1, -0.05) is 30.3 Å². The Labute approximate surface area is 174 Å². The summed E-state index contributed by atoms with van der Waals surface area (Å²) in [6.07, 6.45) is 1.34. The lowest BCUT2D eigenvalue weighted by atomic mass is 10.1. The van der Waals surface area contributed by atoms with Crippen LogP contribution in [0.1, 0.15) is 15.9 Å². The largest absolute Gasteiger partial charge is 0.477 e. The number of ether oxygens (including phenoxy) is 1. The molecular weight excluding hydrogens is 441 g/mol. The Kier molecular flexibility index (Phi) is 6.41. The van der Waals surface area contributed by atoms with Gasteiger partial charge in [0.15, 0.2) is 0 Å². The number of carbonyl (C=O) groups is 2. The second-order valence-corrected chi connectivity index (χ2v) is 6.78. The van der Waals surface area contributed by atoms with Crippen LogP contribution in [-0.4, -0.2) is 17.0 Å². The second-order valence-electron chi connectivity index (χ2n) is 5.93. The summed E-state index contributed by atoms with van der Waals surface area (Å²) in [4.78, 5) is 23.7. The van der Waals surface area contributed by atoms with Gasteiger partial charge in [-0.25, -0.2) is 9.18 Å². The van der Waals surface area contributed by atoms with Crippen LogP contribution < -0.4 is 10.1 Å². The van der Waals surface area contributed by atoms with Crippen LogP contribution in [0.4, 0.5) is 4.39 Å². The van der Waals surface area contributed by atoms with Crippen LogP contribution in [0, 0.1) is 5.82 Å². The van der Waals surface area contributed by atoms with E-state index in [4.69, 9.17) is 4.74 Å². The molecule has 0 saturated heterocycles. The van der Waals surface area contributed by atoms with Crippen molar-refractivity contribution < 1.29 is 23.8 Å². The highest BCUT2D eigenvalue weighted by Crippen LogP contribution is 2.30. The van der Waals surface area contributed by atoms with Crippen molar-refractivity contribution in [2.75, 3.05) is 0 Å². The number of amides is 1. The predicted molar refractivity (Wildman–Crippen MR) is 110 cm³/mol. The zero-order chi connectivity index (χ0) is 20.8. The summed E-state index contributed by atoms with van der Waals surface area (Å²) in [5.74, 6) is -1.45. The molecule has 0 aliphatic carbocycles. The molecule has 2 N–H and O–H groups in total. The highest BCUT2D eigenvalue weighted by Gasteiger charge is 2.13. The first-order chi connectivity index (χ1) is 13.9. The van der Waals surface area contributed by atoms with Crippen molar-refractivity contribution in [3.8, 4) is 11.5 Å². The molecule has 0 aliphatic rings. The van der Waals surface area contributed by atoms with Gasteiger partial charge in [-0.15, -0.1) is 0 Å². The summed E-state index contributed by atoms with van der Waals surface area (Å²) in [5.41, 5.74) is 0.630. The van der Waals surface area contributed by atoms with Gasteiger partial charge in [0.05, 0.1) is 4.47 Å². The summed E-state index contributed by atoms with van der Waals surface area (Å²) >= 11 is 3.29. The van der Waals surface area contributed by atoms with Gasteiger partial charge in [0.2, 0.25) is 0 Å². The quantitative estimate of drug-likeness (QED) is 0.498. The zero-order valence-corrected chi connectivity index (χ0v) is 16.5. The van der Waals surface area contributed by atoms with E-state index in [2.05, 4.69) is 21.2 Å². The monoisotopic (exact) mass is 455 g/mol. The average Bonchev–Trinajstić information content (AvgIpc) is 2.72. The minimum Gasteiger partial charge on any atom is -0.477 e. The van der Waals surface area contributed by atoms with Crippen molar-refractivity contribution in [2.45, 2.75) is 0 Å². The Hall–Kier alpha value is -3.45. The van der Waals surface area contributed by atoms with E-state index in [1.165, 1.54) is 24.3 Å². The van der Waals surface area contributed by atoms with E-state index in [0.717, 1.165) is 0 Å². The van der Waals surface area contributed by atoms with Crippen molar-refractivity contribution in [2.24, 2.45) is 0 Å². The summed E-state index contributed by atoms with van der Waals surface area (Å²) in [6, 6.07) is 18.9. The molecule has 0 spiro atoms. The van der Waals surface area contributed by atoms with Crippen molar-refractivity contribution in [3.05, 3.63) is 99.9 Å². The number of rotatable bonds is 6. The van der Waals surface area contributed by atoms with Crippen LogP contribution in [0.15, 0.2) is 83.0 Å². The number of carbonyl (C=O) groups excluding carboxylic acids is 1. The fourth-order valence-corrected chi connectivity index (χ4v) is 2.74. The fraction of sp³-hybridized carbons (Fsp3) is 0. The van der Waals surface area contributed by atoms with E-state index in [9.17, 15) is 19.1 Å². The molecule has 5 nitrogen and oxygen atoms in total. The third-order valence-corrected chi connectivity index (χ3v) is 4.48. The standard InChI is InChI=1S/C22H15BrFNO4/c23-18-11-8-16(24)13-20(18)29-17-9-6-14(7-10-17)12-19(22(27)28)25-21(26)15-4-2-1-3-5-15/h1-13H,(H,25,26)(H,27,28)/b19-12-. The van der Waals surface area contributed by atoms with E-state index in [1.54, 1.807) is 54.6 Å². The fourth-order valence-electron chi connectivity index (χ4n) is 2.42. The zero-order valence-electron chi connectivity index (χ0n) is 14.9. The Morgan fingerprint density at radius 3 is 2.34 bits per heavy atom. The molecule has 0 unspecified atom stereocenters. The molecule has 29 heavy (non-hydrogen) atoms. The number of halogens is 2. The molecule has 0 aliphatic heterocycles. The average molecular weight is 456 g/mol. The SMILES string of the molecule is O=C(O)/C(=C/c1ccc(Oc2cc(F)ccc2Br)cc1)NC(=O)c1ccccc1. The van der Waals surface area contributed by atoms with Crippen LogP contribution in [0.3, 0.4) is 0 Å². The number of nitrogens with one attached hydrogen (secondary N) is 1. The second kappa shape index (κ2) is 9.16. The molecule has 3 aromatic rings. The Morgan fingerprint density at radius 1 is 1.00 bits per heavy atom. The predicted octanol–water partition coefficient (Wildman–Crippen LogP) is 5.24. The van der Waals surface area contributed by atoms with E-state index in [1.807, 2.05) is 0 Å². The van der Waals surface area contributed by atoms with Gasteiger partial charge < -0.3 is 15.2 Å². The molecule has 1 amide bonds. The number of hydrogen-bond donors (Lipinski definition) is 2. The Balaban J connectivity index is 1.76. The number of hydrogen-bond acceptors (Lipinski definition) is 3. The molecule has 0 bridgehead atoms. The number of benzene rings is 3. The van der Waals surface area contributed by atoms with Gasteiger partial charge in [0, 0.05) is 11.6 Å². The normalized spacial score (nSPS) is 11.0. The van der Waals surface area contributed by atoms with Crippen LogP contribution in [0.25, 0.3) is 6.08 Å². The van der Waals surface area contributed by atoms with Gasteiger partial charge in [-0.2, -0.15) is 0 Å². The molecule has 0 atom stereocenters. The van der Waals surface area contributed by atoms with Crippen LogP contribution in [-0.2, 0) is 4.79 Å². The Morgan fingerprint density at radius 2 is 1.69 bits per heavy atom. The lowest BCUT2D eigenvalue weighted by Gasteiger charge is -2.09. The third kappa shape index (κ3) is 5.52. The summed E-state index contributed by atoms with van der Waals surface area (Å²) in [5, 5.41) is 11.8. The maximum atomic E-state index is 13.4. The van der Waals surface area contributed by atoms with Gasteiger partial charge >= 0.3 is 5.97 Å². The summed E-state index contributed by atoms with van der Waals surface area (Å²) < 4.78 is 19.6. The maximum Gasteiger partial charge on any atom is 0.352 e. The minimum atomic E-state index is -1.27. The van der Waals surface area contributed by atoms with Crippen LogP contribution >= 0.6 is 15.9 Å². The smallest absolute Gasteiger partial charge is 0.352 e. The van der Waals surface area contributed by atoms with E-state index < -0.39 is 17.7 Å². The molecule has 0 radical (unpaired) electrons. The molecule has 0 fully saturated rings. The molecule has 146 valence electrons. The summed E-state index contributed by atoms with van der Waals surface area (Å²) in [7, 11) is 0. The molecule has 3 rings (SSSR count). The number of aliphatic carboxylic acids is 1. The van der Waals surface area contributed by atoms with Crippen molar-refractivity contribution >= 4 is 33.9 Å². The topological polar surface area (TPSA) is 75.6 Å². The first-order valence-corrected chi connectivity index (χ1v) is 9.26. The highest BCUT2D eigenvalue weighted by atomic mass is 79.9. The molecule has 7 heteroatoms. The van der Waals surface area contributed by atoms with Gasteiger partial charge in [-0.3, -0.25) is 4.79 Å². The lowest BCUT2D eigenvalue weighted by Crippen LogP contribution is -2.27. The van der Waals surface area contributed by atoms with E-state index in [-0.39, 0.29) is 5.70 Å². The first-order valence-electron chi connectivity index (χ1n) is 8.47. The minimum absolute atomic E-state index is 0.264. The molecule has 0 aromatic heterocycles. The molecular formula is C22H15BrFNO4. The number of carboxylic acid groups (broad SMARTS) is 1. The van der Waals surface area contributed by atoms with Gasteiger partial charge in [0.1, 0.15) is 23.0 Å². The van der Waals surface area contributed by atoms with Gasteiger partial charge in [0.25, 0.3) is 5.91 Å².